The molecule has 0 amide bonds. The summed E-state index contributed by atoms with van der Waals surface area (Å²) in [5.41, 5.74) is 2.05. The van der Waals surface area contributed by atoms with Crippen LogP contribution in [0, 0.1) is 18.2 Å². The molecule has 2 aromatic rings. The topological polar surface area (TPSA) is 48.1 Å². The first-order chi connectivity index (χ1) is 13.6. The van der Waals surface area contributed by atoms with Gasteiger partial charge < -0.3 is 24.0 Å². The van der Waals surface area contributed by atoms with Crippen LogP contribution < -0.4 is 4.90 Å². The Morgan fingerprint density at radius 3 is 2.93 bits per heavy atom. The molecule has 0 aliphatic heterocycles. The number of nitrogens with zero attached hydrogens (tertiary/aromatic N) is 1. The van der Waals surface area contributed by atoms with Gasteiger partial charge in [-0.05, 0) is 29.8 Å². The van der Waals surface area contributed by atoms with E-state index >= 15 is 0 Å². The van der Waals surface area contributed by atoms with Crippen LogP contribution in [0.25, 0.3) is 0 Å². The van der Waals surface area contributed by atoms with E-state index in [0.717, 1.165) is 30.8 Å². The summed E-state index contributed by atoms with van der Waals surface area (Å²) in [6, 6.07) is 10.7. The van der Waals surface area contributed by atoms with Crippen molar-refractivity contribution in [1.82, 2.24) is 4.57 Å². The van der Waals surface area contributed by atoms with E-state index in [1.54, 1.807) is 19.2 Å². The standard InChI is InChI=1S/C22H29FN2O3/c1-3-12-28-18-22(26)17-24(10-6-13-27-2)16-21-9-5-11-25(21)15-19-7-4-8-20(23)14-19/h1,4-5,7-9,11,14,22,26H,6,10,12-13,15-18H2,2H3/p+1/t22-/m1/s1. The van der Waals surface area contributed by atoms with Gasteiger partial charge in [0.25, 0.3) is 0 Å². The second kappa shape index (κ2) is 12.3. The zero-order valence-corrected chi connectivity index (χ0v) is 16.4. The monoisotopic (exact) mass is 389 g/mol. The van der Waals surface area contributed by atoms with Crippen molar-refractivity contribution in [3.05, 3.63) is 59.7 Å². The van der Waals surface area contributed by atoms with E-state index in [0.29, 0.717) is 19.7 Å². The molecule has 1 unspecified atom stereocenters. The van der Waals surface area contributed by atoms with Gasteiger partial charge in [0, 0.05) is 26.3 Å². The van der Waals surface area contributed by atoms with Gasteiger partial charge in [0.1, 0.15) is 31.6 Å². The number of aliphatic hydroxyl groups excluding tert-OH is 1. The van der Waals surface area contributed by atoms with Gasteiger partial charge in [-0.15, -0.1) is 6.42 Å². The van der Waals surface area contributed by atoms with Crippen LogP contribution in [0.2, 0.25) is 0 Å². The van der Waals surface area contributed by atoms with E-state index in [1.165, 1.54) is 11.0 Å². The summed E-state index contributed by atoms with van der Waals surface area (Å²) in [4.78, 5) is 1.23. The number of terminal acetylenes is 1. The summed E-state index contributed by atoms with van der Waals surface area (Å²) in [5, 5.41) is 10.3. The largest absolute Gasteiger partial charge is 0.385 e. The van der Waals surface area contributed by atoms with E-state index in [2.05, 4.69) is 16.6 Å². The predicted molar refractivity (Wildman–Crippen MR) is 106 cm³/mol. The van der Waals surface area contributed by atoms with Crippen LogP contribution >= 0.6 is 0 Å². The van der Waals surface area contributed by atoms with Crippen LogP contribution in [-0.4, -0.2) is 55.8 Å². The second-order valence-electron chi connectivity index (χ2n) is 6.86. The Labute approximate surface area is 166 Å². The van der Waals surface area contributed by atoms with Crippen LogP contribution in [-0.2, 0) is 22.6 Å². The van der Waals surface area contributed by atoms with Gasteiger partial charge in [-0.1, -0.05) is 18.1 Å². The van der Waals surface area contributed by atoms with E-state index in [9.17, 15) is 9.50 Å². The van der Waals surface area contributed by atoms with Gasteiger partial charge in [-0.2, -0.15) is 0 Å². The molecule has 152 valence electrons. The molecule has 1 heterocycles. The number of quaternary nitrogens is 1. The molecule has 5 nitrogen and oxygen atoms in total. The third kappa shape index (κ3) is 7.83. The molecular formula is C22H30FN2O3+. The number of methoxy groups -OCH3 is 1. The van der Waals surface area contributed by atoms with Crippen LogP contribution in [0.15, 0.2) is 42.6 Å². The van der Waals surface area contributed by atoms with Gasteiger partial charge >= 0.3 is 0 Å². The molecule has 6 heteroatoms. The fraction of sp³-hybridized carbons (Fsp3) is 0.455. The average molecular weight is 389 g/mol. The molecule has 0 radical (unpaired) electrons. The van der Waals surface area contributed by atoms with Gasteiger partial charge in [0.05, 0.1) is 25.5 Å². The van der Waals surface area contributed by atoms with Crippen molar-refractivity contribution in [3.63, 3.8) is 0 Å². The van der Waals surface area contributed by atoms with Crippen LogP contribution in [0.4, 0.5) is 4.39 Å². The molecule has 1 aromatic carbocycles. The fourth-order valence-electron chi connectivity index (χ4n) is 3.23. The third-order valence-corrected chi connectivity index (χ3v) is 4.50. The molecule has 0 saturated heterocycles. The molecule has 0 spiro atoms. The normalized spacial score (nSPS) is 13.2. The molecule has 0 saturated carbocycles. The first-order valence-corrected chi connectivity index (χ1v) is 9.52. The number of ether oxygens (including phenoxy) is 2. The number of aliphatic hydroxyl groups is 1. The number of aromatic nitrogens is 1. The summed E-state index contributed by atoms with van der Waals surface area (Å²) in [6.07, 6.45) is 7.49. The number of hydrogen-bond acceptors (Lipinski definition) is 3. The summed E-state index contributed by atoms with van der Waals surface area (Å²) in [6.45, 7) is 3.88. The molecule has 2 rings (SSSR count). The highest BCUT2D eigenvalue weighted by Crippen LogP contribution is 2.09. The lowest BCUT2D eigenvalue weighted by Gasteiger charge is -2.23. The molecule has 0 aliphatic carbocycles. The van der Waals surface area contributed by atoms with Gasteiger partial charge in [0.2, 0.25) is 0 Å². The van der Waals surface area contributed by atoms with E-state index in [4.69, 9.17) is 15.9 Å². The Morgan fingerprint density at radius 1 is 1.32 bits per heavy atom. The van der Waals surface area contributed by atoms with Gasteiger partial charge in [0.15, 0.2) is 0 Å². The summed E-state index contributed by atoms with van der Waals surface area (Å²) >= 11 is 0. The third-order valence-electron chi connectivity index (χ3n) is 4.50. The summed E-state index contributed by atoms with van der Waals surface area (Å²) < 4.78 is 26.0. The minimum Gasteiger partial charge on any atom is -0.385 e. The Kier molecular flexibility index (Phi) is 9.73. The maximum atomic E-state index is 13.5. The van der Waals surface area contributed by atoms with Crippen molar-refractivity contribution in [2.45, 2.75) is 25.6 Å². The van der Waals surface area contributed by atoms with E-state index in [1.807, 2.05) is 18.3 Å². The summed E-state index contributed by atoms with van der Waals surface area (Å²) in [7, 11) is 1.69. The minimum atomic E-state index is -0.586. The van der Waals surface area contributed by atoms with E-state index in [-0.39, 0.29) is 19.0 Å². The number of halogens is 1. The number of nitrogens with one attached hydrogen (secondary N) is 1. The van der Waals surface area contributed by atoms with Crippen LogP contribution in [0.3, 0.4) is 0 Å². The highest BCUT2D eigenvalue weighted by molar-refractivity contribution is 5.18. The molecule has 2 N–H and O–H groups in total. The van der Waals surface area contributed by atoms with Crippen molar-refractivity contribution in [2.24, 2.45) is 0 Å². The number of hydrogen-bond donors (Lipinski definition) is 2. The average Bonchev–Trinajstić information content (AvgIpc) is 3.08. The van der Waals surface area contributed by atoms with Crippen molar-refractivity contribution in [3.8, 4) is 12.3 Å². The minimum absolute atomic E-state index is 0.201. The van der Waals surface area contributed by atoms with Gasteiger partial charge in [-0.3, -0.25) is 0 Å². The molecule has 28 heavy (non-hydrogen) atoms. The van der Waals surface area contributed by atoms with E-state index < -0.39 is 6.10 Å². The smallest absolute Gasteiger partial charge is 0.126 e. The number of benzene rings is 1. The fourth-order valence-corrected chi connectivity index (χ4v) is 3.23. The van der Waals surface area contributed by atoms with Crippen molar-refractivity contribution in [1.29, 1.82) is 0 Å². The molecule has 1 aromatic heterocycles. The quantitative estimate of drug-likeness (QED) is 0.399. The van der Waals surface area contributed by atoms with Crippen LogP contribution in [0.1, 0.15) is 17.7 Å². The maximum Gasteiger partial charge on any atom is 0.126 e. The highest BCUT2D eigenvalue weighted by Gasteiger charge is 2.17. The Bertz CT molecular complexity index is 741. The Hall–Kier alpha value is -2.17. The van der Waals surface area contributed by atoms with Gasteiger partial charge in [-0.25, -0.2) is 4.39 Å². The zero-order chi connectivity index (χ0) is 20.2. The van der Waals surface area contributed by atoms with Crippen molar-refractivity contribution >= 4 is 0 Å². The molecule has 0 bridgehead atoms. The SMILES string of the molecule is C#CCOC[C@H](O)C[NH+](CCCOC)Cc1cccn1Cc1cccc(F)c1. The molecule has 2 atom stereocenters. The molecule has 0 fully saturated rings. The summed E-state index contributed by atoms with van der Waals surface area (Å²) in [5.74, 6) is 2.17. The zero-order valence-electron chi connectivity index (χ0n) is 16.4. The van der Waals surface area contributed by atoms with Crippen molar-refractivity contribution in [2.75, 3.05) is 40.0 Å². The second-order valence-corrected chi connectivity index (χ2v) is 6.86. The Morgan fingerprint density at radius 2 is 2.18 bits per heavy atom. The number of rotatable bonds is 13. The predicted octanol–water partition coefficient (Wildman–Crippen LogP) is 1.11. The molecular weight excluding hydrogens is 359 g/mol. The first kappa shape index (κ1) is 22.1. The first-order valence-electron chi connectivity index (χ1n) is 9.52. The van der Waals surface area contributed by atoms with Crippen LogP contribution in [0.5, 0.6) is 0 Å². The molecule has 0 aliphatic rings. The Balaban J connectivity index is 2.00. The lowest BCUT2D eigenvalue weighted by molar-refractivity contribution is -0.917. The maximum absolute atomic E-state index is 13.5. The lowest BCUT2D eigenvalue weighted by atomic mass is 10.2. The highest BCUT2D eigenvalue weighted by atomic mass is 19.1. The van der Waals surface area contributed by atoms with Crippen molar-refractivity contribution < 1.29 is 23.9 Å². The lowest BCUT2D eigenvalue weighted by Crippen LogP contribution is -3.12.